The van der Waals surface area contributed by atoms with Crippen LogP contribution in [0.1, 0.15) is 37.5 Å². The SMILES string of the molecule is CC1=NOC(C)C1(C)c1ccc2c(c1)C(N)(c1ccsc1)C(=O)N2. The summed E-state index contributed by atoms with van der Waals surface area (Å²) in [6.07, 6.45) is -0.0751. The first-order chi connectivity index (χ1) is 11.4. The zero-order chi connectivity index (χ0) is 17.1. The van der Waals surface area contributed by atoms with E-state index in [-0.39, 0.29) is 17.4 Å². The summed E-state index contributed by atoms with van der Waals surface area (Å²) in [7, 11) is 0. The van der Waals surface area contributed by atoms with Gasteiger partial charge >= 0.3 is 0 Å². The Balaban J connectivity index is 1.89. The van der Waals surface area contributed by atoms with Gasteiger partial charge in [0.15, 0.2) is 0 Å². The number of oxime groups is 1. The first kappa shape index (κ1) is 15.4. The molecule has 0 saturated carbocycles. The van der Waals surface area contributed by atoms with Gasteiger partial charge in [-0.15, -0.1) is 0 Å². The highest BCUT2D eigenvalue weighted by molar-refractivity contribution is 7.08. The first-order valence-corrected chi connectivity index (χ1v) is 8.81. The minimum Gasteiger partial charge on any atom is -0.391 e. The lowest BCUT2D eigenvalue weighted by atomic mass is 9.73. The van der Waals surface area contributed by atoms with Crippen LogP contribution in [0.3, 0.4) is 0 Å². The van der Waals surface area contributed by atoms with Crippen LogP contribution in [0.4, 0.5) is 5.69 Å². The molecule has 0 saturated heterocycles. The predicted octanol–water partition coefficient (Wildman–Crippen LogP) is 2.95. The van der Waals surface area contributed by atoms with Gasteiger partial charge in [-0.25, -0.2) is 0 Å². The number of rotatable bonds is 2. The fourth-order valence-corrected chi connectivity index (χ4v) is 4.23. The molecule has 1 amide bonds. The van der Waals surface area contributed by atoms with Crippen LogP contribution >= 0.6 is 11.3 Å². The summed E-state index contributed by atoms with van der Waals surface area (Å²) in [5.74, 6) is -0.195. The number of carbonyl (C=O) groups excluding carboxylic acids is 1. The summed E-state index contributed by atoms with van der Waals surface area (Å²) < 4.78 is 0. The Morgan fingerprint density at radius 1 is 1.33 bits per heavy atom. The topological polar surface area (TPSA) is 76.7 Å². The number of nitrogens with two attached hydrogens (primary N) is 1. The lowest BCUT2D eigenvalue weighted by molar-refractivity contribution is -0.119. The molecule has 1 aromatic carbocycles. The number of anilines is 1. The highest BCUT2D eigenvalue weighted by Gasteiger charge is 2.48. The molecule has 0 fully saturated rings. The molecule has 24 heavy (non-hydrogen) atoms. The maximum absolute atomic E-state index is 12.6. The minimum absolute atomic E-state index is 0.0751. The summed E-state index contributed by atoms with van der Waals surface area (Å²) in [5.41, 5.74) is 9.45. The van der Waals surface area contributed by atoms with Crippen molar-refractivity contribution in [2.24, 2.45) is 10.9 Å². The van der Waals surface area contributed by atoms with Crippen LogP contribution in [-0.4, -0.2) is 17.7 Å². The average molecular weight is 341 g/mol. The zero-order valence-corrected chi connectivity index (χ0v) is 14.6. The Morgan fingerprint density at radius 3 is 2.75 bits per heavy atom. The number of hydrogen-bond donors (Lipinski definition) is 2. The molecule has 0 radical (unpaired) electrons. The van der Waals surface area contributed by atoms with Gasteiger partial charge in [0.2, 0.25) is 0 Å². The van der Waals surface area contributed by atoms with Gasteiger partial charge in [-0.1, -0.05) is 11.2 Å². The van der Waals surface area contributed by atoms with Gasteiger partial charge in [0.05, 0.1) is 11.1 Å². The van der Waals surface area contributed by atoms with Crippen LogP contribution in [0.2, 0.25) is 0 Å². The van der Waals surface area contributed by atoms with E-state index in [1.807, 2.05) is 48.9 Å². The molecule has 4 rings (SSSR count). The number of thiophene rings is 1. The third-order valence-corrected chi connectivity index (χ3v) is 6.22. The third kappa shape index (κ3) is 1.78. The molecule has 124 valence electrons. The van der Waals surface area contributed by atoms with Crippen molar-refractivity contribution in [1.82, 2.24) is 0 Å². The predicted molar refractivity (Wildman–Crippen MR) is 95.4 cm³/mol. The maximum Gasteiger partial charge on any atom is 0.253 e. The van der Waals surface area contributed by atoms with Crippen molar-refractivity contribution in [3.05, 3.63) is 51.7 Å². The number of benzene rings is 1. The van der Waals surface area contributed by atoms with E-state index >= 15 is 0 Å². The van der Waals surface area contributed by atoms with E-state index in [1.54, 1.807) is 0 Å². The summed E-state index contributed by atoms with van der Waals surface area (Å²) >= 11 is 1.53. The van der Waals surface area contributed by atoms with Gasteiger partial charge < -0.3 is 15.9 Å². The van der Waals surface area contributed by atoms with Gasteiger partial charge in [0.1, 0.15) is 11.6 Å². The zero-order valence-electron chi connectivity index (χ0n) is 13.8. The molecule has 2 aromatic rings. The second-order valence-electron chi connectivity index (χ2n) is 6.66. The summed E-state index contributed by atoms with van der Waals surface area (Å²) in [6.45, 7) is 6.08. The Hall–Kier alpha value is -2.18. The van der Waals surface area contributed by atoms with Gasteiger partial charge in [0.25, 0.3) is 5.91 Å². The van der Waals surface area contributed by atoms with Crippen molar-refractivity contribution >= 4 is 28.6 Å². The van der Waals surface area contributed by atoms with Crippen LogP contribution in [0.15, 0.2) is 40.2 Å². The Kier molecular flexibility index (Phi) is 3.14. The van der Waals surface area contributed by atoms with E-state index in [4.69, 9.17) is 10.6 Å². The maximum atomic E-state index is 12.6. The van der Waals surface area contributed by atoms with Crippen molar-refractivity contribution in [2.75, 3.05) is 5.32 Å². The van der Waals surface area contributed by atoms with Crippen molar-refractivity contribution in [3.8, 4) is 0 Å². The van der Waals surface area contributed by atoms with Crippen LogP contribution in [0, 0.1) is 0 Å². The standard InChI is InChI=1S/C18H19N3O2S/c1-10-17(3,11(2)23-21-10)12-4-5-15-14(8-12)18(19,16(22)20-15)13-6-7-24-9-13/h4-9,11H,19H2,1-3H3,(H,20,22). The molecular formula is C18H19N3O2S. The summed E-state index contributed by atoms with van der Waals surface area (Å²) in [4.78, 5) is 18.1. The molecule has 0 aliphatic carbocycles. The number of fused-ring (bicyclic) bond motifs is 1. The lowest BCUT2D eigenvalue weighted by Gasteiger charge is -2.29. The van der Waals surface area contributed by atoms with Gasteiger partial charge in [-0.3, -0.25) is 4.79 Å². The molecule has 3 atom stereocenters. The van der Waals surface area contributed by atoms with Gasteiger partial charge in [-0.05, 0) is 60.9 Å². The molecular weight excluding hydrogens is 322 g/mol. The van der Waals surface area contributed by atoms with E-state index in [1.165, 1.54) is 11.3 Å². The Bertz CT molecular complexity index is 861. The fraction of sp³-hybridized carbons (Fsp3) is 0.333. The molecule has 2 aliphatic heterocycles. The minimum atomic E-state index is -1.16. The van der Waals surface area contributed by atoms with E-state index in [0.717, 1.165) is 28.1 Å². The van der Waals surface area contributed by atoms with Crippen molar-refractivity contribution < 1.29 is 9.63 Å². The van der Waals surface area contributed by atoms with Crippen molar-refractivity contribution in [1.29, 1.82) is 0 Å². The molecule has 6 heteroatoms. The second kappa shape index (κ2) is 4.91. The quantitative estimate of drug-likeness (QED) is 0.882. The Morgan fingerprint density at radius 2 is 2.12 bits per heavy atom. The van der Waals surface area contributed by atoms with Crippen LogP contribution in [0.25, 0.3) is 0 Å². The van der Waals surface area contributed by atoms with E-state index in [0.29, 0.717) is 0 Å². The molecule has 0 spiro atoms. The smallest absolute Gasteiger partial charge is 0.253 e. The van der Waals surface area contributed by atoms with E-state index in [9.17, 15) is 4.79 Å². The van der Waals surface area contributed by atoms with Gasteiger partial charge in [-0.2, -0.15) is 11.3 Å². The number of nitrogens with one attached hydrogen (secondary N) is 1. The highest BCUT2D eigenvalue weighted by atomic mass is 32.1. The first-order valence-electron chi connectivity index (χ1n) is 7.87. The number of hydrogen-bond acceptors (Lipinski definition) is 5. The van der Waals surface area contributed by atoms with Gasteiger partial charge in [0, 0.05) is 11.3 Å². The van der Waals surface area contributed by atoms with Crippen LogP contribution < -0.4 is 11.1 Å². The number of amides is 1. The van der Waals surface area contributed by atoms with Crippen LogP contribution in [-0.2, 0) is 20.6 Å². The van der Waals surface area contributed by atoms with Crippen molar-refractivity contribution in [3.63, 3.8) is 0 Å². The third-order valence-electron chi connectivity index (χ3n) is 5.54. The summed E-state index contributed by atoms with van der Waals surface area (Å²) in [6, 6.07) is 7.87. The molecule has 0 bridgehead atoms. The summed E-state index contributed by atoms with van der Waals surface area (Å²) in [5, 5.41) is 10.9. The largest absolute Gasteiger partial charge is 0.391 e. The molecule has 3 N–H and O–H groups in total. The highest BCUT2D eigenvalue weighted by Crippen LogP contribution is 2.43. The van der Waals surface area contributed by atoms with E-state index < -0.39 is 5.54 Å². The number of carbonyl (C=O) groups is 1. The lowest BCUT2D eigenvalue weighted by Crippen LogP contribution is -2.44. The number of nitrogens with zero attached hydrogens (tertiary/aromatic N) is 1. The molecule has 2 aliphatic rings. The molecule has 3 heterocycles. The molecule has 1 aromatic heterocycles. The monoisotopic (exact) mass is 341 g/mol. The van der Waals surface area contributed by atoms with E-state index in [2.05, 4.69) is 17.4 Å². The second-order valence-corrected chi connectivity index (χ2v) is 7.44. The molecule has 5 nitrogen and oxygen atoms in total. The van der Waals surface area contributed by atoms with Crippen molar-refractivity contribution in [2.45, 2.75) is 37.8 Å². The van der Waals surface area contributed by atoms with Crippen LogP contribution in [0.5, 0.6) is 0 Å². The normalized spacial score (nSPS) is 31.4. The average Bonchev–Trinajstić information content (AvgIpc) is 3.25. The fourth-order valence-electron chi connectivity index (χ4n) is 3.52. The molecule has 3 unspecified atom stereocenters. The Labute approximate surface area is 144 Å².